The van der Waals surface area contributed by atoms with Crippen LogP contribution >= 0.6 is 0 Å². The Balaban J connectivity index is 1.93. The van der Waals surface area contributed by atoms with Gasteiger partial charge in [0.1, 0.15) is 5.60 Å². The van der Waals surface area contributed by atoms with Gasteiger partial charge in [-0.1, -0.05) is 13.8 Å². The predicted molar refractivity (Wildman–Crippen MR) is 59.4 cm³/mol. The lowest BCUT2D eigenvalue weighted by molar-refractivity contribution is -0.249. The molecule has 0 unspecified atom stereocenters. The minimum absolute atomic E-state index is 0.0394. The largest absolute Gasteiger partial charge is 0.460 e. The minimum atomic E-state index is -0.336. The van der Waals surface area contributed by atoms with Gasteiger partial charge in [-0.15, -0.1) is 0 Å². The van der Waals surface area contributed by atoms with Crippen molar-refractivity contribution in [1.82, 2.24) is 0 Å². The van der Waals surface area contributed by atoms with E-state index in [2.05, 4.69) is 13.8 Å². The fourth-order valence-electron chi connectivity index (χ4n) is 3.08. The highest BCUT2D eigenvalue weighted by molar-refractivity contribution is 5.81. The molecular formula is C13H22O2. The molecule has 3 aliphatic carbocycles. The number of ether oxygens (including phenoxy) is 1. The fourth-order valence-corrected chi connectivity index (χ4v) is 3.08. The quantitative estimate of drug-likeness (QED) is 0.654. The van der Waals surface area contributed by atoms with Crippen molar-refractivity contribution in [3.63, 3.8) is 0 Å². The van der Waals surface area contributed by atoms with Gasteiger partial charge >= 0.3 is 5.97 Å². The highest BCUT2D eigenvalue weighted by Gasteiger charge is 2.73. The van der Waals surface area contributed by atoms with Gasteiger partial charge in [0.2, 0.25) is 0 Å². The molecule has 0 aliphatic heterocycles. The van der Waals surface area contributed by atoms with Crippen LogP contribution in [0.4, 0.5) is 0 Å². The second kappa shape index (κ2) is 2.78. The Bertz CT molecular complexity index is 276. The van der Waals surface area contributed by atoms with Crippen LogP contribution in [0.25, 0.3) is 0 Å². The molecule has 3 aliphatic rings. The molecule has 86 valence electrons. The second-order valence-corrected chi connectivity index (χ2v) is 6.83. The van der Waals surface area contributed by atoms with Crippen LogP contribution in [-0.2, 0) is 9.53 Å². The molecule has 0 spiro atoms. The zero-order valence-electron chi connectivity index (χ0n) is 10.5. The van der Waals surface area contributed by atoms with E-state index in [1.54, 1.807) is 0 Å². The Morgan fingerprint density at radius 3 is 2.00 bits per heavy atom. The normalized spacial score (nSPS) is 38.3. The van der Waals surface area contributed by atoms with Gasteiger partial charge < -0.3 is 4.74 Å². The first-order valence-electron chi connectivity index (χ1n) is 5.93. The van der Waals surface area contributed by atoms with Crippen molar-refractivity contribution in [2.75, 3.05) is 0 Å². The Kier molecular flexibility index (Phi) is 2.03. The summed E-state index contributed by atoms with van der Waals surface area (Å²) in [5.74, 6) is 0.749. The molecule has 2 bridgehead atoms. The molecule has 0 heterocycles. The Morgan fingerprint density at radius 1 is 1.20 bits per heavy atom. The van der Waals surface area contributed by atoms with E-state index in [-0.39, 0.29) is 17.0 Å². The summed E-state index contributed by atoms with van der Waals surface area (Å²) < 4.78 is 5.47. The van der Waals surface area contributed by atoms with Crippen molar-refractivity contribution in [1.29, 1.82) is 0 Å². The van der Waals surface area contributed by atoms with Crippen LogP contribution in [0.2, 0.25) is 0 Å². The number of carbonyl (C=O) groups excluding carboxylic acids is 1. The van der Waals surface area contributed by atoms with Crippen molar-refractivity contribution < 1.29 is 9.53 Å². The number of hydrogen-bond donors (Lipinski definition) is 0. The van der Waals surface area contributed by atoms with Gasteiger partial charge in [0, 0.05) is 0 Å². The highest BCUT2D eigenvalue weighted by Crippen LogP contribution is 2.76. The van der Waals surface area contributed by atoms with Crippen LogP contribution in [0.5, 0.6) is 0 Å². The monoisotopic (exact) mass is 210 g/mol. The van der Waals surface area contributed by atoms with E-state index in [4.69, 9.17) is 4.74 Å². The zero-order valence-corrected chi connectivity index (χ0v) is 10.5. The van der Waals surface area contributed by atoms with Crippen LogP contribution in [0.3, 0.4) is 0 Å². The first-order valence-corrected chi connectivity index (χ1v) is 5.93. The zero-order chi connectivity index (χ0) is 11.5. The van der Waals surface area contributed by atoms with Gasteiger partial charge in [0.15, 0.2) is 0 Å². The summed E-state index contributed by atoms with van der Waals surface area (Å²) in [6.07, 6.45) is 3.19. The molecular weight excluding hydrogens is 188 g/mol. The lowest BCUT2D eigenvalue weighted by atomic mass is 9.32. The van der Waals surface area contributed by atoms with E-state index < -0.39 is 0 Å². The molecule has 15 heavy (non-hydrogen) atoms. The first kappa shape index (κ1) is 11.0. The lowest BCUT2D eigenvalue weighted by Gasteiger charge is -2.71. The van der Waals surface area contributed by atoms with E-state index >= 15 is 0 Å². The van der Waals surface area contributed by atoms with Crippen LogP contribution < -0.4 is 0 Å². The lowest BCUT2D eigenvalue weighted by Crippen LogP contribution is -2.68. The Morgan fingerprint density at radius 2 is 1.67 bits per heavy atom. The SMILES string of the molecule is CC(C)C12CC(C(=O)OC(C)(C)C)(C1)C2. The summed E-state index contributed by atoms with van der Waals surface area (Å²) in [6, 6.07) is 0. The molecule has 3 fully saturated rings. The van der Waals surface area contributed by atoms with Crippen molar-refractivity contribution >= 4 is 5.97 Å². The van der Waals surface area contributed by atoms with Gasteiger partial charge in [0.25, 0.3) is 0 Å². The summed E-state index contributed by atoms with van der Waals surface area (Å²) in [4.78, 5) is 11.9. The van der Waals surface area contributed by atoms with E-state index in [0.717, 1.165) is 19.3 Å². The van der Waals surface area contributed by atoms with E-state index in [0.29, 0.717) is 11.3 Å². The molecule has 0 radical (unpaired) electrons. The second-order valence-electron chi connectivity index (χ2n) is 6.83. The third-order valence-electron chi connectivity index (χ3n) is 4.13. The maximum atomic E-state index is 11.9. The van der Waals surface area contributed by atoms with E-state index in [1.165, 1.54) is 0 Å². The smallest absolute Gasteiger partial charge is 0.312 e. The van der Waals surface area contributed by atoms with E-state index in [1.807, 2.05) is 20.8 Å². The number of rotatable bonds is 2. The minimum Gasteiger partial charge on any atom is -0.460 e. The average molecular weight is 210 g/mol. The van der Waals surface area contributed by atoms with Gasteiger partial charge in [0.05, 0.1) is 5.41 Å². The predicted octanol–water partition coefficient (Wildman–Crippen LogP) is 3.15. The van der Waals surface area contributed by atoms with Gasteiger partial charge in [-0.2, -0.15) is 0 Å². The topological polar surface area (TPSA) is 26.3 Å². The number of hydrogen-bond acceptors (Lipinski definition) is 2. The van der Waals surface area contributed by atoms with Crippen LogP contribution in [0.1, 0.15) is 53.9 Å². The molecule has 2 nitrogen and oxygen atoms in total. The summed E-state index contributed by atoms with van der Waals surface area (Å²) in [7, 11) is 0. The molecule has 0 N–H and O–H groups in total. The van der Waals surface area contributed by atoms with Gasteiger partial charge in [-0.05, 0) is 51.4 Å². The fraction of sp³-hybridized carbons (Fsp3) is 0.923. The van der Waals surface area contributed by atoms with Gasteiger partial charge in [-0.3, -0.25) is 4.79 Å². The number of esters is 1. The maximum absolute atomic E-state index is 11.9. The summed E-state index contributed by atoms with van der Waals surface area (Å²) in [5.41, 5.74) is 0.0615. The van der Waals surface area contributed by atoms with Crippen LogP contribution in [0.15, 0.2) is 0 Å². The molecule has 0 aromatic heterocycles. The summed E-state index contributed by atoms with van der Waals surface area (Å²) >= 11 is 0. The van der Waals surface area contributed by atoms with Crippen LogP contribution in [-0.4, -0.2) is 11.6 Å². The molecule has 0 saturated heterocycles. The third-order valence-corrected chi connectivity index (χ3v) is 4.13. The molecule has 0 atom stereocenters. The van der Waals surface area contributed by atoms with Gasteiger partial charge in [-0.25, -0.2) is 0 Å². The van der Waals surface area contributed by atoms with Crippen molar-refractivity contribution in [2.24, 2.45) is 16.7 Å². The average Bonchev–Trinajstić information content (AvgIpc) is 1.72. The first-order chi connectivity index (χ1) is 6.69. The third kappa shape index (κ3) is 1.49. The molecule has 3 rings (SSSR count). The summed E-state index contributed by atoms with van der Waals surface area (Å²) in [6.45, 7) is 10.3. The van der Waals surface area contributed by atoms with Crippen molar-refractivity contribution in [2.45, 2.75) is 59.5 Å². The van der Waals surface area contributed by atoms with Crippen molar-refractivity contribution in [3.8, 4) is 0 Å². The molecule has 0 aromatic carbocycles. The molecule has 2 heteroatoms. The van der Waals surface area contributed by atoms with E-state index in [9.17, 15) is 4.79 Å². The molecule has 0 amide bonds. The maximum Gasteiger partial charge on any atom is 0.312 e. The molecule has 3 saturated carbocycles. The summed E-state index contributed by atoms with van der Waals surface area (Å²) in [5, 5.41) is 0. The molecule has 0 aromatic rings. The van der Waals surface area contributed by atoms with Crippen molar-refractivity contribution in [3.05, 3.63) is 0 Å². The standard InChI is InChI=1S/C13H22O2/c1-9(2)12-6-13(7-12,8-12)10(14)15-11(3,4)5/h9H,6-8H2,1-5H3. The Labute approximate surface area is 92.4 Å². The Hall–Kier alpha value is -0.530. The number of carbonyl (C=O) groups is 1. The van der Waals surface area contributed by atoms with Crippen LogP contribution in [0, 0.1) is 16.7 Å². The highest BCUT2D eigenvalue weighted by atomic mass is 16.6.